The summed E-state index contributed by atoms with van der Waals surface area (Å²) in [6.45, 7) is 1.90. The van der Waals surface area contributed by atoms with E-state index in [0.29, 0.717) is 12.1 Å². The number of nitrogens with one attached hydrogen (secondary N) is 1. The minimum absolute atomic E-state index is 0.0417. The maximum absolute atomic E-state index is 12.7. The maximum Gasteiger partial charge on any atom is 0.416 e. The summed E-state index contributed by atoms with van der Waals surface area (Å²) in [6.07, 6.45) is -2.13. The van der Waals surface area contributed by atoms with Crippen molar-refractivity contribution >= 4 is 17.3 Å². The first-order chi connectivity index (χ1) is 9.29. The molecular formula is C12H14F3N5. The molecule has 0 atom stereocenters. The van der Waals surface area contributed by atoms with Gasteiger partial charge in [-0.3, -0.25) is 4.68 Å². The van der Waals surface area contributed by atoms with Gasteiger partial charge in [-0.15, -0.1) is 0 Å². The number of anilines is 3. The number of halogens is 3. The molecule has 0 amide bonds. The van der Waals surface area contributed by atoms with Gasteiger partial charge in [-0.1, -0.05) is 6.92 Å². The lowest BCUT2D eigenvalue weighted by atomic mass is 10.2. The third-order valence-electron chi connectivity index (χ3n) is 2.68. The van der Waals surface area contributed by atoms with Crippen LogP contribution in [-0.2, 0) is 19.6 Å². The summed E-state index contributed by atoms with van der Waals surface area (Å²) in [6, 6.07) is 1.72. The molecule has 0 aliphatic rings. The monoisotopic (exact) mass is 285 g/mol. The van der Waals surface area contributed by atoms with Crippen molar-refractivity contribution in [2.45, 2.75) is 19.5 Å². The van der Waals surface area contributed by atoms with E-state index in [0.717, 1.165) is 17.8 Å². The normalized spacial score (nSPS) is 11.7. The van der Waals surface area contributed by atoms with Crippen molar-refractivity contribution in [3.05, 3.63) is 29.6 Å². The smallest absolute Gasteiger partial charge is 0.384 e. The largest absolute Gasteiger partial charge is 0.416 e. The number of rotatable bonds is 3. The minimum atomic E-state index is -4.46. The van der Waals surface area contributed by atoms with E-state index in [-0.39, 0.29) is 11.6 Å². The Hall–Kier alpha value is -2.25. The number of hydrogen-bond acceptors (Lipinski definition) is 4. The molecule has 0 fully saturated rings. The molecule has 0 spiro atoms. The van der Waals surface area contributed by atoms with E-state index >= 15 is 0 Å². The van der Waals surface area contributed by atoms with Crippen LogP contribution < -0.4 is 11.1 Å². The van der Waals surface area contributed by atoms with E-state index in [1.807, 2.05) is 6.92 Å². The predicted molar refractivity (Wildman–Crippen MR) is 69.5 cm³/mol. The van der Waals surface area contributed by atoms with E-state index < -0.39 is 11.7 Å². The van der Waals surface area contributed by atoms with E-state index in [2.05, 4.69) is 15.4 Å². The fourth-order valence-electron chi connectivity index (χ4n) is 1.82. The van der Waals surface area contributed by atoms with Gasteiger partial charge in [0.1, 0.15) is 11.6 Å². The van der Waals surface area contributed by atoms with Gasteiger partial charge in [0.05, 0.1) is 16.9 Å². The Morgan fingerprint density at radius 1 is 1.35 bits per heavy atom. The number of aromatic nitrogens is 3. The zero-order valence-electron chi connectivity index (χ0n) is 11.0. The second-order valence-electron chi connectivity index (χ2n) is 4.31. The highest BCUT2D eigenvalue weighted by atomic mass is 19.4. The number of hydrogen-bond donors (Lipinski definition) is 2. The number of nitrogen functional groups attached to an aromatic ring is 1. The van der Waals surface area contributed by atoms with Crippen molar-refractivity contribution < 1.29 is 13.2 Å². The Kier molecular flexibility index (Phi) is 3.56. The molecule has 2 aromatic rings. The number of aryl methyl sites for hydroxylation is 2. The van der Waals surface area contributed by atoms with E-state index in [4.69, 9.17) is 5.73 Å². The standard InChI is InChI=1S/C12H14F3N5/c1-3-8-9(6-20(2)19-8)17-11-5-7(12(13,14)15)4-10(16)18-11/h4-6H,3H2,1-2H3,(H3,16,17,18). The van der Waals surface area contributed by atoms with Crippen molar-refractivity contribution in [1.82, 2.24) is 14.8 Å². The van der Waals surface area contributed by atoms with Gasteiger partial charge in [0.2, 0.25) is 0 Å². The Morgan fingerprint density at radius 3 is 2.65 bits per heavy atom. The molecule has 8 heteroatoms. The van der Waals surface area contributed by atoms with Crippen LogP contribution in [0.15, 0.2) is 18.3 Å². The summed E-state index contributed by atoms with van der Waals surface area (Å²) in [5, 5.41) is 7.01. The zero-order chi connectivity index (χ0) is 14.9. The first kappa shape index (κ1) is 14.2. The van der Waals surface area contributed by atoms with Gasteiger partial charge in [0.25, 0.3) is 0 Å². The molecule has 0 saturated heterocycles. The lowest BCUT2D eigenvalue weighted by molar-refractivity contribution is -0.137. The molecule has 0 aliphatic carbocycles. The molecule has 2 heterocycles. The molecule has 0 radical (unpaired) electrons. The van der Waals surface area contributed by atoms with Gasteiger partial charge in [-0.25, -0.2) is 4.98 Å². The van der Waals surface area contributed by atoms with Gasteiger partial charge in [0.15, 0.2) is 0 Å². The molecule has 0 bridgehead atoms. The van der Waals surface area contributed by atoms with Crippen molar-refractivity contribution in [2.24, 2.45) is 7.05 Å². The molecule has 0 aromatic carbocycles. The lowest BCUT2D eigenvalue weighted by Gasteiger charge is -2.11. The van der Waals surface area contributed by atoms with Gasteiger partial charge in [0, 0.05) is 13.2 Å². The van der Waals surface area contributed by atoms with Crippen molar-refractivity contribution in [3.63, 3.8) is 0 Å². The highest BCUT2D eigenvalue weighted by molar-refractivity contribution is 5.60. The van der Waals surface area contributed by atoms with Crippen LogP contribution in [0.25, 0.3) is 0 Å². The molecule has 108 valence electrons. The third kappa shape index (κ3) is 3.01. The SMILES string of the molecule is CCc1nn(C)cc1Nc1cc(C(F)(F)F)cc(N)n1. The first-order valence-electron chi connectivity index (χ1n) is 5.94. The van der Waals surface area contributed by atoms with Crippen LogP contribution in [0.3, 0.4) is 0 Å². The summed E-state index contributed by atoms with van der Waals surface area (Å²) in [7, 11) is 1.73. The summed E-state index contributed by atoms with van der Waals surface area (Å²) in [4.78, 5) is 3.86. The van der Waals surface area contributed by atoms with Crippen LogP contribution >= 0.6 is 0 Å². The quantitative estimate of drug-likeness (QED) is 0.909. The number of nitrogens with two attached hydrogens (primary N) is 1. The molecule has 20 heavy (non-hydrogen) atoms. The lowest BCUT2D eigenvalue weighted by Crippen LogP contribution is -2.08. The molecule has 0 unspecified atom stereocenters. The molecule has 2 aromatic heterocycles. The summed E-state index contributed by atoms with van der Waals surface area (Å²) in [5.41, 5.74) is 5.93. The fourth-order valence-corrected chi connectivity index (χ4v) is 1.82. The van der Waals surface area contributed by atoms with E-state index in [1.165, 1.54) is 0 Å². The average molecular weight is 285 g/mol. The van der Waals surface area contributed by atoms with Crippen LogP contribution in [0.5, 0.6) is 0 Å². The Labute approximate surface area is 113 Å². The van der Waals surface area contributed by atoms with E-state index in [1.54, 1.807) is 17.9 Å². The minimum Gasteiger partial charge on any atom is -0.384 e. The van der Waals surface area contributed by atoms with E-state index in [9.17, 15) is 13.2 Å². The van der Waals surface area contributed by atoms with Crippen molar-refractivity contribution in [2.75, 3.05) is 11.1 Å². The molecule has 0 aliphatic heterocycles. The third-order valence-corrected chi connectivity index (χ3v) is 2.68. The van der Waals surface area contributed by atoms with Crippen molar-refractivity contribution in [1.29, 1.82) is 0 Å². The number of alkyl halides is 3. The zero-order valence-corrected chi connectivity index (χ0v) is 11.0. The Balaban J connectivity index is 2.36. The van der Waals surface area contributed by atoms with Gasteiger partial charge in [-0.05, 0) is 18.6 Å². The highest BCUT2D eigenvalue weighted by Gasteiger charge is 2.31. The molecule has 0 saturated carbocycles. The Morgan fingerprint density at radius 2 is 2.05 bits per heavy atom. The van der Waals surface area contributed by atoms with Gasteiger partial charge < -0.3 is 11.1 Å². The molecule has 3 N–H and O–H groups in total. The fraction of sp³-hybridized carbons (Fsp3) is 0.333. The van der Waals surface area contributed by atoms with Crippen molar-refractivity contribution in [3.8, 4) is 0 Å². The van der Waals surface area contributed by atoms with Crippen LogP contribution in [0.4, 0.5) is 30.5 Å². The second-order valence-corrected chi connectivity index (χ2v) is 4.31. The second kappa shape index (κ2) is 5.03. The maximum atomic E-state index is 12.7. The molecule has 2 rings (SSSR count). The summed E-state index contributed by atoms with van der Waals surface area (Å²) >= 11 is 0. The van der Waals surface area contributed by atoms with Crippen LogP contribution in [0.1, 0.15) is 18.2 Å². The van der Waals surface area contributed by atoms with Gasteiger partial charge >= 0.3 is 6.18 Å². The highest BCUT2D eigenvalue weighted by Crippen LogP contribution is 2.32. The van der Waals surface area contributed by atoms with Crippen LogP contribution in [0.2, 0.25) is 0 Å². The summed E-state index contributed by atoms with van der Waals surface area (Å²) in [5.74, 6) is -0.149. The average Bonchev–Trinajstić information content (AvgIpc) is 2.67. The van der Waals surface area contributed by atoms with Crippen LogP contribution in [0, 0.1) is 0 Å². The summed E-state index contributed by atoms with van der Waals surface area (Å²) < 4.78 is 39.7. The predicted octanol–water partition coefficient (Wildman–Crippen LogP) is 2.72. The van der Waals surface area contributed by atoms with Gasteiger partial charge in [-0.2, -0.15) is 18.3 Å². The molecular weight excluding hydrogens is 271 g/mol. The molecule has 5 nitrogen and oxygen atoms in total. The van der Waals surface area contributed by atoms with Crippen LogP contribution in [-0.4, -0.2) is 14.8 Å². The first-order valence-corrected chi connectivity index (χ1v) is 5.94. The number of nitrogens with zero attached hydrogens (tertiary/aromatic N) is 3. The topological polar surface area (TPSA) is 68.8 Å². The number of pyridine rings is 1. The Bertz CT molecular complexity index is 618.